The van der Waals surface area contributed by atoms with Gasteiger partial charge in [-0.25, -0.2) is 9.59 Å². The Balaban J connectivity index is 2.56. The van der Waals surface area contributed by atoms with Gasteiger partial charge in [0.25, 0.3) is 0 Å². The van der Waals surface area contributed by atoms with Crippen LogP contribution in [0.25, 0.3) is 17.0 Å². The molecule has 0 aliphatic rings. The number of nitrogens with zero attached hydrogens (tertiary/aromatic N) is 1. The minimum atomic E-state index is -0.704. The van der Waals surface area contributed by atoms with Crippen molar-refractivity contribution in [3.05, 3.63) is 42.1 Å². The number of imidazole rings is 1. The van der Waals surface area contributed by atoms with Crippen molar-refractivity contribution in [2.45, 2.75) is 6.92 Å². The first kappa shape index (κ1) is 17.3. The molecular weight excluding hydrogens is 312 g/mol. The summed E-state index contributed by atoms with van der Waals surface area (Å²) in [5.74, 6) is -0.677. The molecule has 7 nitrogen and oxygen atoms in total. The lowest BCUT2D eigenvalue weighted by Gasteiger charge is -2.06. The number of ether oxygens (including phenoxy) is 3. The van der Waals surface area contributed by atoms with Crippen LogP contribution in [0.15, 0.2) is 36.4 Å². The number of aromatic amines is 1. The smallest absolute Gasteiger partial charge is 0.340 e. The molecule has 0 bridgehead atoms. The van der Waals surface area contributed by atoms with E-state index in [1.165, 1.54) is 14.2 Å². The first-order valence-corrected chi connectivity index (χ1v) is 7.27. The van der Waals surface area contributed by atoms with Crippen molar-refractivity contribution in [2.24, 2.45) is 0 Å². The number of carbonyl (C=O) groups excluding carboxylic acids is 2. The fourth-order valence-corrected chi connectivity index (χ4v) is 2.03. The van der Waals surface area contributed by atoms with E-state index in [-0.39, 0.29) is 17.1 Å². The molecule has 0 unspecified atom stereocenters. The van der Waals surface area contributed by atoms with Gasteiger partial charge in [0.1, 0.15) is 11.5 Å². The second kappa shape index (κ2) is 7.96. The number of benzene rings is 1. The molecule has 126 valence electrons. The van der Waals surface area contributed by atoms with Gasteiger partial charge in [0.15, 0.2) is 0 Å². The third-order valence-corrected chi connectivity index (χ3v) is 3.14. The highest BCUT2D eigenvalue weighted by Crippen LogP contribution is 2.29. The zero-order chi connectivity index (χ0) is 17.5. The first-order valence-electron chi connectivity index (χ1n) is 7.27. The third kappa shape index (κ3) is 3.81. The normalized spacial score (nSPS) is 11.0. The summed E-state index contributed by atoms with van der Waals surface area (Å²) in [6, 6.07) is 9.33. The Labute approximate surface area is 139 Å². The van der Waals surface area contributed by atoms with Crippen LogP contribution < -0.4 is 4.74 Å². The van der Waals surface area contributed by atoms with Gasteiger partial charge in [-0.05, 0) is 6.92 Å². The number of rotatable bonds is 6. The molecule has 1 aromatic heterocycles. The molecule has 7 heteroatoms. The van der Waals surface area contributed by atoms with Crippen LogP contribution in [0.5, 0.6) is 5.88 Å². The predicted molar refractivity (Wildman–Crippen MR) is 87.2 cm³/mol. The molecule has 0 spiro atoms. The fraction of sp³-hybridized carbons (Fsp3) is 0.235. The topological polar surface area (TPSA) is 90.5 Å². The zero-order valence-corrected chi connectivity index (χ0v) is 13.7. The van der Waals surface area contributed by atoms with E-state index in [9.17, 15) is 9.59 Å². The Morgan fingerprint density at radius 3 is 2.46 bits per heavy atom. The number of aromatic nitrogens is 2. The van der Waals surface area contributed by atoms with E-state index >= 15 is 0 Å². The Morgan fingerprint density at radius 1 is 1.17 bits per heavy atom. The maximum absolute atomic E-state index is 12.1. The van der Waals surface area contributed by atoms with Gasteiger partial charge in [-0.1, -0.05) is 30.3 Å². The van der Waals surface area contributed by atoms with Crippen LogP contribution in [0.4, 0.5) is 0 Å². The minimum Gasteiger partial charge on any atom is -0.476 e. The summed E-state index contributed by atoms with van der Waals surface area (Å²) in [4.78, 5) is 31.0. The van der Waals surface area contributed by atoms with Gasteiger partial charge in [-0.3, -0.25) is 0 Å². The van der Waals surface area contributed by atoms with Gasteiger partial charge >= 0.3 is 11.9 Å². The summed E-state index contributed by atoms with van der Waals surface area (Å²) in [5, 5.41) is 0. The van der Waals surface area contributed by atoms with Crippen molar-refractivity contribution in [1.29, 1.82) is 0 Å². The molecule has 1 N–H and O–H groups in total. The Morgan fingerprint density at radius 2 is 1.88 bits per heavy atom. The molecule has 0 amide bonds. The van der Waals surface area contributed by atoms with E-state index in [1.807, 2.05) is 30.3 Å². The maximum Gasteiger partial charge on any atom is 0.340 e. The van der Waals surface area contributed by atoms with E-state index in [0.717, 1.165) is 11.6 Å². The molecule has 0 radical (unpaired) electrons. The number of esters is 2. The summed E-state index contributed by atoms with van der Waals surface area (Å²) in [7, 11) is 2.45. The van der Waals surface area contributed by atoms with E-state index in [0.29, 0.717) is 12.4 Å². The van der Waals surface area contributed by atoms with Crippen molar-refractivity contribution >= 4 is 17.5 Å². The second-order valence-electron chi connectivity index (χ2n) is 4.64. The number of nitrogens with one attached hydrogen (secondary N) is 1. The van der Waals surface area contributed by atoms with Gasteiger partial charge < -0.3 is 19.2 Å². The lowest BCUT2D eigenvalue weighted by atomic mass is 10.2. The van der Waals surface area contributed by atoms with Gasteiger partial charge in [0, 0.05) is 11.6 Å². The average Bonchev–Trinajstić information content (AvgIpc) is 3.03. The molecule has 2 aromatic rings. The quantitative estimate of drug-likeness (QED) is 0.645. The van der Waals surface area contributed by atoms with E-state index in [4.69, 9.17) is 9.47 Å². The first-order chi connectivity index (χ1) is 11.6. The highest BCUT2D eigenvalue weighted by molar-refractivity contribution is 6.20. The molecule has 24 heavy (non-hydrogen) atoms. The molecule has 1 aromatic carbocycles. The number of hydrogen-bond donors (Lipinski definition) is 1. The van der Waals surface area contributed by atoms with Gasteiger partial charge in [-0.2, -0.15) is 4.98 Å². The molecular formula is C17H18N2O5. The third-order valence-electron chi connectivity index (χ3n) is 3.14. The fourth-order valence-electron chi connectivity index (χ4n) is 2.03. The molecule has 0 fully saturated rings. The molecule has 0 saturated carbocycles. The maximum atomic E-state index is 12.1. The van der Waals surface area contributed by atoms with Gasteiger partial charge in [0.05, 0.1) is 26.4 Å². The standard InChI is InChI=1S/C17H18N2O5/c1-4-24-16-14(12(17(21)23-3)10-13(20)22-2)18-15(19-16)11-8-6-5-7-9-11/h5-10H,4H2,1-3H3,(H,18,19)/b12-10-. The molecule has 0 aliphatic heterocycles. The summed E-state index contributed by atoms with van der Waals surface area (Å²) in [6.45, 7) is 2.14. The summed E-state index contributed by atoms with van der Waals surface area (Å²) < 4.78 is 14.8. The van der Waals surface area contributed by atoms with Crippen molar-refractivity contribution in [2.75, 3.05) is 20.8 Å². The van der Waals surface area contributed by atoms with Crippen molar-refractivity contribution in [3.63, 3.8) is 0 Å². The van der Waals surface area contributed by atoms with Crippen LogP contribution in [-0.4, -0.2) is 42.7 Å². The molecule has 1 heterocycles. The van der Waals surface area contributed by atoms with Crippen LogP contribution in [0, 0.1) is 0 Å². The largest absolute Gasteiger partial charge is 0.476 e. The number of hydrogen-bond acceptors (Lipinski definition) is 6. The second-order valence-corrected chi connectivity index (χ2v) is 4.64. The Bertz CT molecular complexity index is 750. The van der Waals surface area contributed by atoms with Gasteiger partial charge in [-0.15, -0.1) is 0 Å². The summed E-state index contributed by atoms with van der Waals surface area (Å²) in [6.07, 6.45) is 1.04. The number of carbonyl (C=O) groups is 2. The summed E-state index contributed by atoms with van der Waals surface area (Å²) >= 11 is 0. The van der Waals surface area contributed by atoms with E-state index in [1.54, 1.807) is 6.92 Å². The van der Waals surface area contributed by atoms with Gasteiger partial charge in [0.2, 0.25) is 5.88 Å². The van der Waals surface area contributed by atoms with Crippen LogP contribution >= 0.6 is 0 Å². The SMILES string of the molecule is CCOc1nc(-c2ccccc2)[nH]c1/C(=C/C(=O)OC)C(=O)OC. The van der Waals surface area contributed by atoms with E-state index < -0.39 is 11.9 Å². The van der Waals surface area contributed by atoms with Crippen LogP contribution in [0.3, 0.4) is 0 Å². The highest BCUT2D eigenvalue weighted by Gasteiger charge is 2.23. The number of H-pyrrole nitrogens is 1. The van der Waals surface area contributed by atoms with Crippen molar-refractivity contribution in [3.8, 4) is 17.3 Å². The Hall–Kier alpha value is -3.09. The van der Waals surface area contributed by atoms with Crippen LogP contribution in [0.1, 0.15) is 12.6 Å². The minimum absolute atomic E-state index is 0.0255. The van der Waals surface area contributed by atoms with Crippen LogP contribution in [-0.2, 0) is 19.1 Å². The molecule has 0 atom stereocenters. The van der Waals surface area contributed by atoms with E-state index in [2.05, 4.69) is 14.7 Å². The summed E-state index contributed by atoms with van der Waals surface area (Å²) in [5.41, 5.74) is 1.04. The monoisotopic (exact) mass is 330 g/mol. The van der Waals surface area contributed by atoms with Crippen molar-refractivity contribution < 1.29 is 23.8 Å². The lowest BCUT2D eigenvalue weighted by Crippen LogP contribution is -2.09. The predicted octanol–water partition coefficient (Wildman–Crippen LogP) is 2.20. The van der Waals surface area contributed by atoms with Crippen molar-refractivity contribution in [1.82, 2.24) is 9.97 Å². The molecule has 0 saturated heterocycles. The molecule has 0 aliphatic carbocycles. The number of methoxy groups -OCH3 is 2. The van der Waals surface area contributed by atoms with Crippen LogP contribution in [0.2, 0.25) is 0 Å². The average molecular weight is 330 g/mol. The highest BCUT2D eigenvalue weighted by atomic mass is 16.5. The molecule has 2 rings (SSSR count). The Kier molecular flexibility index (Phi) is 5.73. The zero-order valence-electron chi connectivity index (χ0n) is 13.7. The lowest BCUT2D eigenvalue weighted by molar-refractivity contribution is -0.136.